The molecule has 0 saturated carbocycles. The van der Waals surface area contributed by atoms with Crippen LogP contribution in [0, 0.1) is 0 Å². The average Bonchev–Trinajstić information content (AvgIpc) is 2.74. The number of hydrogen-bond acceptors (Lipinski definition) is 3. The summed E-state index contributed by atoms with van der Waals surface area (Å²) in [6, 6.07) is 26.5. The first-order valence-electron chi connectivity index (χ1n) is 10.3. The van der Waals surface area contributed by atoms with Crippen molar-refractivity contribution in [1.82, 2.24) is 0 Å². The number of carbonyl (C=O) groups excluding carboxylic acids is 1. The third kappa shape index (κ3) is 6.19. The SMILES string of the molecule is C[C@@H](CCc1ccc(-c2ccccc2)cc1)Oc1ccc(NC(=O)C(C)(C)N)cc1. The number of anilines is 1. The number of rotatable bonds is 8. The molecule has 0 heterocycles. The Labute approximate surface area is 179 Å². The smallest absolute Gasteiger partial charge is 0.243 e. The van der Waals surface area contributed by atoms with Crippen molar-refractivity contribution in [2.75, 3.05) is 5.32 Å². The number of ether oxygens (including phenoxy) is 1. The Morgan fingerprint density at radius 2 is 1.53 bits per heavy atom. The Hall–Kier alpha value is -3.11. The predicted molar refractivity (Wildman–Crippen MR) is 124 cm³/mol. The first kappa shape index (κ1) is 21.6. The lowest BCUT2D eigenvalue weighted by molar-refractivity contribution is -0.120. The normalized spacial score (nSPS) is 12.3. The van der Waals surface area contributed by atoms with Crippen molar-refractivity contribution in [1.29, 1.82) is 0 Å². The quantitative estimate of drug-likeness (QED) is 0.528. The van der Waals surface area contributed by atoms with Crippen molar-refractivity contribution in [3.63, 3.8) is 0 Å². The molecule has 3 N–H and O–H groups in total. The van der Waals surface area contributed by atoms with Crippen molar-refractivity contribution in [3.05, 3.63) is 84.4 Å². The standard InChI is InChI=1S/C26H30N2O2/c1-19(30-24-17-15-23(16-18-24)28-25(29)26(2,3)27)9-10-20-11-13-22(14-12-20)21-7-5-4-6-8-21/h4-8,11-19H,9-10,27H2,1-3H3,(H,28,29)/t19-/m0/s1. The number of nitrogens with one attached hydrogen (secondary N) is 1. The van der Waals surface area contributed by atoms with E-state index in [2.05, 4.69) is 60.8 Å². The molecule has 0 spiro atoms. The maximum atomic E-state index is 12.0. The summed E-state index contributed by atoms with van der Waals surface area (Å²) < 4.78 is 6.02. The van der Waals surface area contributed by atoms with Crippen LogP contribution in [-0.2, 0) is 11.2 Å². The molecule has 0 fully saturated rings. The second kappa shape index (κ2) is 9.59. The van der Waals surface area contributed by atoms with E-state index in [1.165, 1.54) is 16.7 Å². The van der Waals surface area contributed by atoms with E-state index >= 15 is 0 Å². The van der Waals surface area contributed by atoms with E-state index in [0.717, 1.165) is 18.6 Å². The largest absolute Gasteiger partial charge is 0.491 e. The van der Waals surface area contributed by atoms with Gasteiger partial charge in [0.2, 0.25) is 5.91 Å². The summed E-state index contributed by atoms with van der Waals surface area (Å²) in [5.41, 5.74) is 9.36. The van der Waals surface area contributed by atoms with Crippen LogP contribution in [0.3, 0.4) is 0 Å². The highest BCUT2D eigenvalue weighted by molar-refractivity contribution is 5.97. The van der Waals surface area contributed by atoms with Crippen LogP contribution < -0.4 is 15.8 Å². The maximum Gasteiger partial charge on any atom is 0.243 e. The van der Waals surface area contributed by atoms with E-state index in [0.29, 0.717) is 5.69 Å². The van der Waals surface area contributed by atoms with Crippen LogP contribution in [0.4, 0.5) is 5.69 Å². The minimum atomic E-state index is -0.914. The van der Waals surface area contributed by atoms with Crippen molar-refractivity contribution >= 4 is 11.6 Å². The van der Waals surface area contributed by atoms with Gasteiger partial charge in [-0.2, -0.15) is 0 Å². The van der Waals surface area contributed by atoms with Gasteiger partial charge in [-0.15, -0.1) is 0 Å². The fraction of sp³-hybridized carbons (Fsp3) is 0.269. The minimum absolute atomic E-state index is 0.0854. The molecule has 0 aromatic heterocycles. The van der Waals surface area contributed by atoms with Crippen molar-refractivity contribution < 1.29 is 9.53 Å². The second-order valence-corrected chi connectivity index (χ2v) is 8.23. The van der Waals surface area contributed by atoms with Gasteiger partial charge < -0.3 is 15.8 Å². The molecule has 30 heavy (non-hydrogen) atoms. The third-order valence-electron chi connectivity index (χ3n) is 4.94. The number of hydrogen-bond donors (Lipinski definition) is 2. The molecule has 4 heteroatoms. The van der Waals surface area contributed by atoms with Gasteiger partial charge in [-0.3, -0.25) is 4.79 Å². The van der Waals surface area contributed by atoms with Gasteiger partial charge in [-0.25, -0.2) is 0 Å². The average molecular weight is 403 g/mol. The zero-order valence-electron chi connectivity index (χ0n) is 17.9. The lowest BCUT2D eigenvalue weighted by Crippen LogP contribution is -2.45. The van der Waals surface area contributed by atoms with Gasteiger partial charge in [0, 0.05) is 5.69 Å². The van der Waals surface area contributed by atoms with E-state index in [1.807, 2.05) is 30.3 Å². The number of nitrogens with two attached hydrogens (primary N) is 1. The van der Waals surface area contributed by atoms with Crippen molar-refractivity contribution in [2.24, 2.45) is 5.73 Å². The summed E-state index contributed by atoms with van der Waals surface area (Å²) in [5, 5.41) is 2.81. The summed E-state index contributed by atoms with van der Waals surface area (Å²) in [7, 11) is 0. The first-order valence-corrected chi connectivity index (χ1v) is 10.3. The van der Waals surface area contributed by atoms with Crippen LogP contribution in [-0.4, -0.2) is 17.6 Å². The fourth-order valence-electron chi connectivity index (χ4n) is 3.06. The molecule has 0 unspecified atom stereocenters. The zero-order valence-corrected chi connectivity index (χ0v) is 17.9. The molecule has 3 aromatic rings. The molecule has 0 radical (unpaired) electrons. The Morgan fingerprint density at radius 1 is 0.933 bits per heavy atom. The molecular formula is C26H30N2O2. The van der Waals surface area contributed by atoms with Crippen LogP contribution in [0.15, 0.2) is 78.9 Å². The zero-order chi connectivity index (χ0) is 21.6. The minimum Gasteiger partial charge on any atom is -0.491 e. The third-order valence-corrected chi connectivity index (χ3v) is 4.94. The van der Waals surface area contributed by atoms with E-state index in [4.69, 9.17) is 10.5 Å². The highest BCUT2D eigenvalue weighted by Crippen LogP contribution is 2.21. The van der Waals surface area contributed by atoms with Crippen molar-refractivity contribution in [2.45, 2.75) is 45.3 Å². The first-order chi connectivity index (χ1) is 14.3. The molecule has 0 aliphatic heterocycles. The van der Waals surface area contributed by atoms with E-state index in [1.54, 1.807) is 13.8 Å². The molecule has 3 aromatic carbocycles. The van der Waals surface area contributed by atoms with E-state index < -0.39 is 5.54 Å². The molecular weight excluding hydrogens is 372 g/mol. The maximum absolute atomic E-state index is 12.0. The Morgan fingerprint density at radius 3 is 2.13 bits per heavy atom. The van der Waals surface area contributed by atoms with Crippen LogP contribution in [0.5, 0.6) is 5.75 Å². The van der Waals surface area contributed by atoms with Gasteiger partial charge in [-0.05, 0) is 74.6 Å². The molecule has 0 saturated heterocycles. The molecule has 1 atom stereocenters. The van der Waals surface area contributed by atoms with Gasteiger partial charge in [0.05, 0.1) is 11.6 Å². The van der Waals surface area contributed by atoms with Crippen LogP contribution in [0.2, 0.25) is 0 Å². The number of benzene rings is 3. The van der Waals surface area contributed by atoms with Gasteiger partial charge in [0.25, 0.3) is 0 Å². The molecule has 0 aliphatic carbocycles. The number of amides is 1. The lowest BCUT2D eigenvalue weighted by atomic mass is 10.0. The molecule has 0 bridgehead atoms. The van der Waals surface area contributed by atoms with Gasteiger partial charge >= 0.3 is 0 Å². The molecule has 156 valence electrons. The van der Waals surface area contributed by atoms with Crippen LogP contribution >= 0.6 is 0 Å². The Balaban J connectivity index is 1.48. The van der Waals surface area contributed by atoms with E-state index in [9.17, 15) is 4.79 Å². The highest BCUT2D eigenvalue weighted by atomic mass is 16.5. The molecule has 3 rings (SSSR count). The Kier molecular flexibility index (Phi) is 6.91. The molecule has 0 aliphatic rings. The summed E-state index contributed by atoms with van der Waals surface area (Å²) in [4.78, 5) is 12.0. The number of carbonyl (C=O) groups is 1. The van der Waals surface area contributed by atoms with Crippen LogP contribution in [0.1, 0.15) is 32.8 Å². The summed E-state index contributed by atoms with van der Waals surface area (Å²) in [5.74, 6) is 0.565. The summed E-state index contributed by atoms with van der Waals surface area (Å²) in [6.07, 6.45) is 1.96. The monoisotopic (exact) mass is 402 g/mol. The molecule has 1 amide bonds. The van der Waals surface area contributed by atoms with Crippen LogP contribution in [0.25, 0.3) is 11.1 Å². The summed E-state index contributed by atoms with van der Waals surface area (Å²) >= 11 is 0. The number of aryl methyl sites for hydroxylation is 1. The van der Waals surface area contributed by atoms with Gasteiger partial charge in [-0.1, -0.05) is 54.6 Å². The van der Waals surface area contributed by atoms with Crippen molar-refractivity contribution in [3.8, 4) is 16.9 Å². The van der Waals surface area contributed by atoms with E-state index in [-0.39, 0.29) is 12.0 Å². The predicted octanol–water partition coefficient (Wildman–Crippen LogP) is 5.43. The second-order valence-electron chi connectivity index (χ2n) is 8.23. The van der Waals surface area contributed by atoms with Gasteiger partial charge in [0.1, 0.15) is 5.75 Å². The Bertz CT molecular complexity index is 943. The summed E-state index contributed by atoms with van der Waals surface area (Å²) in [6.45, 7) is 5.43. The topological polar surface area (TPSA) is 64.3 Å². The van der Waals surface area contributed by atoms with Gasteiger partial charge in [0.15, 0.2) is 0 Å². The fourth-order valence-corrected chi connectivity index (χ4v) is 3.06. The molecule has 4 nitrogen and oxygen atoms in total. The lowest BCUT2D eigenvalue weighted by Gasteiger charge is -2.18. The highest BCUT2D eigenvalue weighted by Gasteiger charge is 2.21.